The number of nitrogens with zero attached hydrogens (tertiary/aromatic N) is 2. The number of carbonyl (C=O) groups excluding carboxylic acids is 2. The van der Waals surface area contributed by atoms with Gasteiger partial charge in [-0.3, -0.25) is 9.97 Å². The molecule has 4 rings (SSSR count). The molecular weight excluding hydrogens is 739 g/mol. The third-order valence-electron chi connectivity index (χ3n) is 6.01. The standard InChI is InChI=1S/C18H22N2O2.C11H8BrN.C7H14BF3NO2.K/c1-18(2,3)22-17(21)20-12-10-14-6-8-15(9-7-14)16-5-4-11-19-13-16;12-11-5-3-9(4-6-11)10-2-1-7-13-8-10;1-7(2,3)14-6(13)12-5-4-8(9,10)11;/h4-9,11,13H,10,12H2,1-3H3,(H,20,21);1-8H;4-5H2,1-3H3,(H,12,13);/q;;-1;+1. The second-order valence-corrected chi connectivity index (χ2v) is 13.7. The second kappa shape index (κ2) is 22.2. The van der Waals surface area contributed by atoms with Gasteiger partial charge < -0.3 is 33.1 Å². The zero-order valence-electron chi connectivity index (χ0n) is 29.7. The molecule has 0 aliphatic carbocycles. The molecule has 0 radical (unpaired) electrons. The van der Waals surface area contributed by atoms with E-state index in [-0.39, 0.29) is 57.5 Å². The van der Waals surface area contributed by atoms with E-state index in [1.165, 1.54) is 11.1 Å². The summed E-state index contributed by atoms with van der Waals surface area (Å²) in [6, 6.07) is 24.4. The van der Waals surface area contributed by atoms with Crippen molar-refractivity contribution in [2.75, 3.05) is 13.1 Å². The average molecular weight is 784 g/mol. The van der Waals surface area contributed by atoms with Gasteiger partial charge in [0.2, 0.25) is 0 Å². The van der Waals surface area contributed by atoms with Gasteiger partial charge in [0, 0.05) is 35.8 Å². The van der Waals surface area contributed by atoms with E-state index in [1.807, 2.05) is 68.8 Å². The van der Waals surface area contributed by atoms with E-state index in [2.05, 4.69) is 73.7 Å². The summed E-state index contributed by atoms with van der Waals surface area (Å²) < 4.78 is 46.2. The first-order valence-electron chi connectivity index (χ1n) is 15.7. The number of nitrogens with one attached hydrogen (secondary N) is 2. The van der Waals surface area contributed by atoms with Crippen LogP contribution < -0.4 is 62.0 Å². The van der Waals surface area contributed by atoms with Gasteiger partial charge in [0.25, 0.3) is 0 Å². The zero-order chi connectivity index (χ0) is 36.5. The summed E-state index contributed by atoms with van der Waals surface area (Å²) in [5, 5.41) is 4.79. The zero-order valence-corrected chi connectivity index (χ0v) is 34.4. The quantitative estimate of drug-likeness (QED) is 0.193. The molecule has 0 unspecified atom stereocenters. The van der Waals surface area contributed by atoms with Gasteiger partial charge in [-0.05, 0) is 107 Å². The van der Waals surface area contributed by atoms with Crippen LogP contribution in [0, 0.1) is 0 Å². The summed E-state index contributed by atoms with van der Waals surface area (Å²) in [4.78, 5) is 30.6. The minimum Gasteiger partial charge on any atom is -0.449 e. The molecule has 0 saturated heterocycles. The number of rotatable bonds is 8. The summed E-state index contributed by atoms with van der Waals surface area (Å²) in [5.74, 6) is 0. The molecule has 0 saturated carbocycles. The first-order valence-corrected chi connectivity index (χ1v) is 16.5. The molecule has 2 amide bonds. The first-order chi connectivity index (χ1) is 22.9. The Kier molecular flexibility index (Phi) is 20.1. The summed E-state index contributed by atoms with van der Waals surface area (Å²) >= 11 is 3.40. The van der Waals surface area contributed by atoms with Gasteiger partial charge in [-0.15, -0.1) is 0 Å². The number of pyridine rings is 2. The van der Waals surface area contributed by atoms with Gasteiger partial charge in [-0.25, -0.2) is 9.59 Å². The SMILES string of the molecule is Brc1ccc(-c2cccnc2)cc1.CC(C)(C)OC(=O)NCC[B-](F)(F)F.CC(C)(C)OC(=O)NCCc1ccc(-c2cccnc2)cc1.[K+]. The first kappa shape index (κ1) is 45.3. The smallest absolute Gasteiger partial charge is 0.449 e. The number of hydrogen-bond donors (Lipinski definition) is 2. The maximum atomic E-state index is 11.7. The normalized spacial score (nSPS) is 10.9. The van der Waals surface area contributed by atoms with Crippen molar-refractivity contribution in [2.24, 2.45) is 0 Å². The van der Waals surface area contributed by atoms with E-state index in [4.69, 9.17) is 9.47 Å². The van der Waals surface area contributed by atoms with E-state index >= 15 is 0 Å². The second-order valence-electron chi connectivity index (χ2n) is 12.8. The number of carbonyl (C=O) groups is 2. The van der Waals surface area contributed by atoms with Crippen LogP contribution in [0.5, 0.6) is 0 Å². The molecular formula is C36H44BBrF3KN4O4. The fourth-order valence-corrected chi connectivity index (χ4v) is 4.11. The largest absolute Gasteiger partial charge is 1.00 e. The minimum atomic E-state index is -4.84. The van der Waals surface area contributed by atoms with Crippen LogP contribution >= 0.6 is 15.9 Å². The Labute approximate surface area is 344 Å². The van der Waals surface area contributed by atoms with E-state index in [0.29, 0.717) is 6.54 Å². The van der Waals surface area contributed by atoms with Crippen molar-refractivity contribution in [1.29, 1.82) is 0 Å². The summed E-state index contributed by atoms with van der Waals surface area (Å²) in [6.45, 7) is 5.76. The molecule has 0 spiro atoms. The van der Waals surface area contributed by atoms with Gasteiger partial charge in [0.1, 0.15) is 11.2 Å². The van der Waals surface area contributed by atoms with Crippen LogP contribution in [0.4, 0.5) is 22.5 Å². The summed E-state index contributed by atoms with van der Waals surface area (Å²) in [7, 11) is 0. The van der Waals surface area contributed by atoms with E-state index < -0.39 is 37.1 Å². The molecule has 2 aromatic carbocycles. The molecule has 0 fully saturated rings. The summed E-state index contributed by atoms with van der Waals surface area (Å²) in [6.07, 6.45) is 5.84. The molecule has 0 aliphatic heterocycles. The minimum absolute atomic E-state index is 0. The number of ether oxygens (including phenoxy) is 2. The number of amides is 2. The molecule has 0 atom stereocenters. The van der Waals surface area contributed by atoms with Crippen LogP contribution in [0.3, 0.4) is 0 Å². The van der Waals surface area contributed by atoms with Gasteiger partial charge in [-0.1, -0.05) is 70.8 Å². The third-order valence-corrected chi connectivity index (χ3v) is 6.54. The molecule has 264 valence electrons. The van der Waals surface area contributed by atoms with E-state index in [1.54, 1.807) is 33.2 Å². The number of hydrogen-bond acceptors (Lipinski definition) is 6. The average Bonchev–Trinajstić information content (AvgIpc) is 3.01. The topological polar surface area (TPSA) is 102 Å². The van der Waals surface area contributed by atoms with Crippen LogP contribution in [-0.4, -0.2) is 53.4 Å². The van der Waals surface area contributed by atoms with Gasteiger partial charge in [0.05, 0.1) is 0 Å². The summed E-state index contributed by atoms with van der Waals surface area (Å²) in [5.41, 5.74) is 4.59. The van der Waals surface area contributed by atoms with Crippen LogP contribution in [0.15, 0.2) is 102 Å². The molecule has 0 aliphatic rings. The maximum absolute atomic E-state index is 11.7. The number of alkyl carbamates (subject to hydrolysis) is 2. The molecule has 2 aromatic heterocycles. The van der Waals surface area contributed by atoms with Crippen LogP contribution in [0.25, 0.3) is 22.3 Å². The molecule has 2 N–H and O–H groups in total. The monoisotopic (exact) mass is 782 g/mol. The molecule has 2 heterocycles. The fraction of sp³-hybridized carbons (Fsp3) is 0.333. The predicted molar refractivity (Wildman–Crippen MR) is 193 cm³/mol. The Balaban J connectivity index is 0.000000390. The maximum Gasteiger partial charge on any atom is 1.00 e. The van der Waals surface area contributed by atoms with Crippen molar-refractivity contribution in [3.05, 3.63) is 108 Å². The van der Waals surface area contributed by atoms with Crippen molar-refractivity contribution in [3.8, 4) is 22.3 Å². The molecule has 8 nitrogen and oxygen atoms in total. The Morgan fingerprint density at radius 1 is 0.680 bits per heavy atom. The molecule has 14 heteroatoms. The van der Waals surface area contributed by atoms with Gasteiger partial charge in [0.15, 0.2) is 0 Å². The Morgan fingerprint density at radius 3 is 1.48 bits per heavy atom. The fourth-order valence-electron chi connectivity index (χ4n) is 3.85. The molecule has 50 heavy (non-hydrogen) atoms. The van der Waals surface area contributed by atoms with Crippen molar-refractivity contribution in [1.82, 2.24) is 20.6 Å². The van der Waals surface area contributed by atoms with Crippen molar-refractivity contribution < 1.29 is 83.4 Å². The number of halogens is 4. The number of aromatic nitrogens is 2. The van der Waals surface area contributed by atoms with Crippen LogP contribution in [0.1, 0.15) is 47.1 Å². The van der Waals surface area contributed by atoms with Crippen molar-refractivity contribution >= 4 is 35.1 Å². The van der Waals surface area contributed by atoms with Crippen LogP contribution in [-0.2, 0) is 15.9 Å². The number of benzene rings is 2. The molecule has 0 bridgehead atoms. The van der Waals surface area contributed by atoms with Gasteiger partial charge in [-0.2, -0.15) is 0 Å². The van der Waals surface area contributed by atoms with E-state index in [0.717, 1.165) is 27.6 Å². The Bertz CT molecular complexity index is 1560. The Hall–Kier alpha value is -2.75. The Morgan fingerprint density at radius 2 is 1.10 bits per heavy atom. The van der Waals surface area contributed by atoms with Crippen LogP contribution in [0.2, 0.25) is 6.32 Å². The molecule has 4 aromatic rings. The van der Waals surface area contributed by atoms with Crippen molar-refractivity contribution in [2.45, 2.75) is 65.5 Å². The van der Waals surface area contributed by atoms with Gasteiger partial charge >= 0.3 is 70.5 Å². The van der Waals surface area contributed by atoms with E-state index in [9.17, 15) is 22.5 Å². The third kappa shape index (κ3) is 21.5. The predicted octanol–water partition coefficient (Wildman–Crippen LogP) is 6.69. The van der Waals surface area contributed by atoms with Crippen molar-refractivity contribution in [3.63, 3.8) is 0 Å².